The van der Waals surface area contributed by atoms with Crippen LogP contribution in [0.5, 0.6) is 11.5 Å². The van der Waals surface area contributed by atoms with E-state index in [1.54, 1.807) is 0 Å². The number of nitrogens with zero attached hydrogens (tertiary/aromatic N) is 1. The average molecular weight is 326 g/mol. The van der Waals surface area contributed by atoms with Crippen LogP contribution in [0.3, 0.4) is 0 Å². The highest BCUT2D eigenvalue weighted by Crippen LogP contribution is 2.25. The number of aromatic hydroxyl groups is 2. The molecule has 124 valence electrons. The second-order valence-electron chi connectivity index (χ2n) is 5.19. The van der Waals surface area contributed by atoms with Crippen LogP contribution in [-0.2, 0) is 11.2 Å². The molecule has 5 N–H and O–H groups in total. The molecule has 3 rings (SSSR count). The lowest BCUT2D eigenvalue weighted by Crippen LogP contribution is -2.32. The molecule has 1 aromatic heterocycles. The largest absolute Gasteiger partial charge is 0.504 e. The fourth-order valence-corrected chi connectivity index (χ4v) is 2.06. The zero-order valence-electron chi connectivity index (χ0n) is 12.8. The van der Waals surface area contributed by atoms with Crippen LogP contribution in [0.25, 0.3) is 10.8 Å². The van der Waals surface area contributed by atoms with Crippen LogP contribution in [0.4, 0.5) is 0 Å². The molecule has 0 aliphatic heterocycles. The number of aromatic nitrogens is 1. The fourth-order valence-electron chi connectivity index (χ4n) is 2.06. The third-order valence-corrected chi connectivity index (χ3v) is 3.36. The van der Waals surface area contributed by atoms with Crippen molar-refractivity contribution in [1.82, 2.24) is 4.98 Å². The summed E-state index contributed by atoms with van der Waals surface area (Å²) in [6, 6.07) is 13.3. The van der Waals surface area contributed by atoms with E-state index in [4.69, 9.17) is 21.1 Å². The molecule has 0 aliphatic rings. The van der Waals surface area contributed by atoms with E-state index in [-0.39, 0.29) is 17.9 Å². The highest BCUT2D eigenvalue weighted by atomic mass is 16.4. The molecule has 0 spiro atoms. The van der Waals surface area contributed by atoms with Gasteiger partial charge in [-0.25, -0.2) is 0 Å². The maximum Gasteiger partial charge on any atom is 0.320 e. The number of hydrogen-bond acceptors (Lipinski definition) is 5. The molecule has 0 radical (unpaired) electrons. The van der Waals surface area contributed by atoms with E-state index >= 15 is 0 Å². The molecule has 3 aromatic rings. The van der Waals surface area contributed by atoms with Gasteiger partial charge in [0.25, 0.3) is 0 Å². The Morgan fingerprint density at radius 2 is 1.75 bits per heavy atom. The summed E-state index contributed by atoms with van der Waals surface area (Å²) in [7, 11) is 0. The van der Waals surface area contributed by atoms with E-state index in [2.05, 4.69) is 17.1 Å². The maximum absolute atomic E-state index is 10.4. The number of phenols is 2. The molecule has 0 saturated heterocycles. The van der Waals surface area contributed by atoms with Gasteiger partial charge in [-0.3, -0.25) is 9.78 Å². The number of hydrogen-bond donors (Lipinski definition) is 4. The van der Waals surface area contributed by atoms with Crippen LogP contribution in [0.2, 0.25) is 0 Å². The monoisotopic (exact) mass is 326 g/mol. The number of rotatable bonds is 3. The Bertz CT molecular complexity index is 771. The number of carboxylic acids is 1. The highest BCUT2D eigenvalue weighted by molar-refractivity contribution is 5.80. The van der Waals surface area contributed by atoms with Gasteiger partial charge in [0.05, 0.1) is 0 Å². The summed E-state index contributed by atoms with van der Waals surface area (Å²) in [5, 5.41) is 29.1. The lowest BCUT2D eigenvalue weighted by Gasteiger charge is -2.06. The topological polar surface area (TPSA) is 117 Å². The van der Waals surface area contributed by atoms with E-state index in [1.165, 1.54) is 29.0 Å². The van der Waals surface area contributed by atoms with E-state index in [0.29, 0.717) is 5.56 Å². The molecular formula is C18H18N2O4. The van der Waals surface area contributed by atoms with Crippen molar-refractivity contribution in [3.63, 3.8) is 0 Å². The molecule has 1 unspecified atom stereocenters. The molecule has 24 heavy (non-hydrogen) atoms. The Balaban J connectivity index is 0.000000182. The Morgan fingerprint density at radius 3 is 2.38 bits per heavy atom. The lowest BCUT2D eigenvalue weighted by atomic mass is 10.1. The first-order chi connectivity index (χ1) is 11.5. The fraction of sp³-hybridized carbons (Fsp3) is 0.111. The third-order valence-electron chi connectivity index (χ3n) is 3.36. The van der Waals surface area contributed by atoms with Crippen LogP contribution in [0.1, 0.15) is 5.56 Å². The average Bonchev–Trinajstić information content (AvgIpc) is 2.59. The van der Waals surface area contributed by atoms with E-state index in [9.17, 15) is 4.79 Å². The second kappa shape index (κ2) is 7.94. The van der Waals surface area contributed by atoms with Crippen molar-refractivity contribution in [3.8, 4) is 11.5 Å². The number of fused-ring (bicyclic) bond motifs is 1. The summed E-state index contributed by atoms with van der Waals surface area (Å²) < 4.78 is 0. The van der Waals surface area contributed by atoms with Crippen molar-refractivity contribution in [3.05, 3.63) is 66.5 Å². The molecule has 2 aromatic carbocycles. The first kappa shape index (κ1) is 17.2. The Morgan fingerprint density at radius 1 is 1.04 bits per heavy atom. The Hall–Kier alpha value is -3.12. The van der Waals surface area contributed by atoms with Crippen LogP contribution in [0, 0.1) is 0 Å². The molecule has 0 amide bonds. The van der Waals surface area contributed by atoms with Crippen molar-refractivity contribution in [2.24, 2.45) is 5.73 Å². The first-order valence-electron chi connectivity index (χ1n) is 7.25. The summed E-state index contributed by atoms with van der Waals surface area (Å²) in [5.41, 5.74) is 5.86. The summed E-state index contributed by atoms with van der Waals surface area (Å²) in [5.74, 6) is -1.62. The summed E-state index contributed by atoms with van der Waals surface area (Å²) in [4.78, 5) is 14.4. The zero-order valence-corrected chi connectivity index (χ0v) is 12.8. The predicted molar refractivity (Wildman–Crippen MR) is 90.8 cm³/mol. The zero-order chi connectivity index (χ0) is 17.5. The number of phenolic OH excluding ortho intramolecular Hbond substituents is 2. The van der Waals surface area contributed by atoms with Gasteiger partial charge in [-0.15, -0.1) is 0 Å². The highest BCUT2D eigenvalue weighted by Gasteiger charge is 2.12. The molecule has 0 fully saturated rings. The van der Waals surface area contributed by atoms with Gasteiger partial charge < -0.3 is 21.1 Å². The number of nitrogens with two attached hydrogens (primary N) is 1. The van der Waals surface area contributed by atoms with E-state index < -0.39 is 12.0 Å². The minimum absolute atomic E-state index is 0.114. The van der Waals surface area contributed by atoms with Crippen molar-refractivity contribution in [2.75, 3.05) is 0 Å². The Kier molecular flexibility index (Phi) is 5.70. The van der Waals surface area contributed by atoms with Gasteiger partial charge >= 0.3 is 5.97 Å². The van der Waals surface area contributed by atoms with Gasteiger partial charge in [0, 0.05) is 12.4 Å². The summed E-state index contributed by atoms with van der Waals surface area (Å²) in [6.45, 7) is 0. The van der Waals surface area contributed by atoms with Crippen LogP contribution < -0.4 is 5.73 Å². The van der Waals surface area contributed by atoms with E-state index in [1.807, 2.05) is 30.6 Å². The lowest BCUT2D eigenvalue weighted by molar-refractivity contribution is -0.138. The van der Waals surface area contributed by atoms with Crippen LogP contribution >= 0.6 is 0 Å². The number of carboxylic acid groups (broad SMARTS) is 1. The first-order valence-corrected chi connectivity index (χ1v) is 7.25. The van der Waals surface area contributed by atoms with Gasteiger partial charge in [0.15, 0.2) is 11.5 Å². The minimum Gasteiger partial charge on any atom is -0.504 e. The summed E-state index contributed by atoms with van der Waals surface area (Å²) >= 11 is 0. The second-order valence-corrected chi connectivity index (χ2v) is 5.19. The third kappa shape index (κ3) is 4.69. The maximum atomic E-state index is 10.4. The predicted octanol–water partition coefficient (Wildman–Crippen LogP) is 2.29. The molecule has 1 heterocycles. The van der Waals surface area contributed by atoms with Crippen molar-refractivity contribution < 1.29 is 20.1 Å². The molecule has 6 nitrogen and oxygen atoms in total. The Labute approximate surface area is 138 Å². The quantitative estimate of drug-likeness (QED) is 0.549. The van der Waals surface area contributed by atoms with Crippen molar-refractivity contribution in [1.29, 1.82) is 0 Å². The van der Waals surface area contributed by atoms with Crippen molar-refractivity contribution in [2.45, 2.75) is 12.5 Å². The molecule has 0 saturated carbocycles. The standard InChI is InChI=1S/C9H11NO4.C9H7N/c10-6(9(13)14)3-5-1-2-7(11)8(12)4-5;1-2-4-9-7-10-6-5-8(9)3-1/h1-2,4,6,11-12H,3,10H2,(H,13,14);1-7H. The van der Waals surface area contributed by atoms with Gasteiger partial charge in [0.1, 0.15) is 6.04 Å². The molecule has 0 aliphatic carbocycles. The molecule has 0 bridgehead atoms. The van der Waals surface area contributed by atoms with E-state index in [0.717, 1.165) is 0 Å². The normalized spacial score (nSPS) is 11.4. The van der Waals surface area contributed by atoms with Crippen LogP contribution in [-0.4, -0.2) is 32.3 Å². The molecular weight excluding hydrogens is 308 g/mol. The van der Waals surface area contributed by atoms with Gasteiger partial charge in [0.2, 0.25) is 0 Å². The summed E-state index contributed by atoms with van der Waals surface area (Å²) in [6.07, 6.45) is 3.79. The van der Waals surface area contributed by atoms with Gasteiger partial charge in [-0.05, 0) is 41.0 Å². The van der Waals surface area contributed by atoms with Crippen LogP contribution in [0.15, 0.2) is 60.9 Å². The van der Waals surface area contributed by atoms with Crippen molar-refractivity contribution >= 4 is 16.7 Å². The number of aliphatic carboxylic acids is 1. The number of pyridine rings is 1. The SMILES string of the molecule is NC(Cc1ccc(O)c(O)c1)C(=O)O.c1ccc2cnccc2c1. The number of benzene rings is 2. The molecule has 6 heteroatoms. The van der Waals surface area contributed by atoms with Gasteiger partial charge in [-0.2, -0.15) is 0 Å². The minimum atomic E-state index is -1.10. The smallest absolute Gasteiger partial charge is 0.320 e. The van der Waals surface area contributed by atoms with Gasteiger partial charge in [-0.1, -0.05) is 30.3 Å². The molecule has 1 atom stereocenters. The number of carbonyl (C=O) groups is 1.